The fourth-order valence-electron chi connectivity index (χ4n) is 3.63. The van der Waals surface area contributed by atoms with Crippen LogP contribution in [0.5, 0.6) is 5.75 Å². The number of hydrogen-bond donors (Lipinski definition) is 1. The normalized spacial score (nSPS) is 19.6. The summed E-state index contributed by atoms with van der Waals surface area (Å²) < 4.78 is 5.35. The predicted octanol–water partition coefficient (Wildman–Crippen LogP) is 2.75. The zero-order valence-corrected chi connectivity index (χ0v) is 15.2. The molecule has 1 saturated carbocycles. The summed E-state index contributed by atoms with van der Waals surface area (Å²) in [6.45, 7) is 3.44. The van der Waals surface area contributed by atoms with Crippen LogP contribution in [0.15, 0.2) is 24.4 Å². The van der Waals surface area contributed by atoms with Crippen molar-refractivity contribution in [3.05, 3.63) is 46.9 Å². The third kappa shape index (κ3) is 3.11. The molecule has 2 N–H and O–H groups in total. The van der Waals surface area contributed by atoms with Gasteiger partial charge >= 0.3 is 0 Å². The van der Waals surface area contributed by atoms with Crippen molar-refractivity contribution < 1.29 is 9.53 Å². The molecule has 26 heavy (non-hydrogen) atoms. The molecule has 2 heterocycles. The second kappa shape index (κ2) is 6.59. The number of carbonyl (C=O) groups excluding carboxylic acids is 1. The summed E-state index contributed by atoms with van der Waals surface area (Å²) in [6, 6.07) is 6.15. The van der Waals surface area contributed by atoms with E-state index in [-0.39, 0.29) is 11.8 Å². The van der Waals surface area contributed by atoms with Crippen LogP contribution in [-0.2, 0) is 6.42 Å². The summed E-state index contributed by atoms with van der Waals surface area (Å²) in [7, 11) is 1.67. The Balaban J connectivity index is 1.56. The Bertz CT molecular complexity index is 848. The summed E-state index contributed by atoms with van der Waals surface area (Å²) in [4.78, 5) is 23.6. The Morgan fingerprint density at radius 1 is 1.35 bits per heavy atom. The fraction of sp³-hybridized carbons (Fsp3) is 0.450. The van der Waals surface area contributed by atoms with Crippen molar-refractivity contribution in [1.29, 1.82) is 0 Å². The number of ether oxygens (including phenoxy) is 1. The lowest BCUT2D eigenvalue weighted by atomic mass is 9.95. The molecule has 1 aliphatic heterocycles. The van der Waals surface area contributed by atoms with Gasteiger partial charge in [0.1, 0.15) is 23.0 Å². The van der Waals surface area contributed by atoms with Gasteiger partial charge in [-0.3, -0.25) is 4.79 Å². The van der Waals surface area contributed by atoms with Crippen LogP contribution in [0.3, 0.4) is 0 Å². The molecule has 1 atom stereocenters. The van der Waals surface area contributed by atoms with E-state index in [0.717, 1.165) is 30.8 Å². The van der Waals surface area contributed by atoms with E-state index in [2.05, 4.69) is 29.0 Å². The number of rotatable bonds is 3. The first-order valence-corrected chi connectivity index (χ1v) is 9.15. The molecule has 4 rings (SSSR count). The zero-order chi connectivity index (χ0) is 18.3. The third-order valence-electron chi connectivity index (χ3n) is 5.33. The molecule has 0 spiro atoms. The summed E-state index contributed by atoms with van der Waals surface area (Å²) in [5.41, 5.74) is 8.99. The van der Waals surface area contributed by atoms with E-state index < -0.39 is 0 Å². The number of methoxy groups -OCH3 is 1. The van der Waals surface area contributed by atoms with Gasteiger partial charge in [-0.2, -0.15) is 0 Å². The van der Waals surface area contributed by atoms with Crippen LogP contribution in [0.25, 0.3) is 0 Å². The van der Waals surface area contributed by atoms with Gasteiger partial charge in [-0.1, -0.05) is 13.0 Å². The van der Waals surface area contributed by atoms with Gasteiger partial charge in [-0.25, -0.2) is 9.97 Å². The van der Waals surface area contributed by atoms with Crippen molar-refractivity contribution in [1.82, 2.24) is 14.9 Å². The molecule has 1 amide bonds. The molecule has 1 aromatic carbocycles. The molecule has 136 valence electrons. The van der Waals surface area contributed by atoms with E-state index in [1.165, 1.54) is 11.1 Å². The lowest BCUT2D eigenvalue weighted by Gasteiger charge is -2.23. The zero-order valence-electron chi connectivity index (χ0n) is 15.2. The number of anilines is 1. The van der Waals surface area contributed by atoms with Gasteiger partial charge in [0.05, 0.1) is 7.11 Å². The van der Waals surface area contributed by atoms with Gasteiger partial charge in [-0.05, 0) is 48.4 Å². The van der Waals surface area contributed by atoms with Crippen molar-refractivity contribution in [3.8, 4) is 5.75 Å². The largest absolute Gasteiger partial charge is 0.497 e. The van der Waals surface area contributed by atoms with E-state index in [0.29, 0.717) is 30.4 Å². The fourth-order valence-corrected chi connectivity index (χ4v) is 3.63. The summed E-state index contributed by atoms with van der Waals surface area (Å²) in [5, 5.41) is 0. The van der Waals surface area contributed by atoms with Crippen molar-refractivity contribution >= 4 is 11.7 Å². The molecule has 0 radical (unpaired) electrons. The number of nitrogens with zero attached hydrogens (tertiary/aromatic N) is 3. The highest BCUT2D eigenvalue weighted by atomic mass is 16.5. The highest BCUT2D eigenvalue weighted by molar-refractivity contribution is 5.98. The molecule has 1 aliphatic carbocycles. The first kappa shape index (κ1) is 16.8. The van der Waals surface area contributed by atoms with Gasteiger partial charge in [0, 0.05) is 25.2 Å². The number of amides is 1. The van der Waals surface area contributed by atoms with Crippen LogP contribution < -0.4 is 10.5 Å². The second-order valence-corrected chi connectivity index (χ2v) is 7.27. The van der Waals surface area contributed by atoms with Crippen molar-refractivity contribution in [2.45, 2.75) is 38.0 Å². The number of aromatic nitrogens is 2. The lowest BCUT2D eigenvalue weighted by Crippen LogP contribution is -2.35. The molecule has 1 fully saturated rings. The van der Waals surface area contributed by atoms with Crippen molar-refractivity contribution in [2.24, 2.45) is 0 Å². The molecule has 0 bridgehead atoms. The van der Waals surface area contributed by atoms with Gasteiger partial charge in [-0.15, -0.1) is 0 Å². The average molecular weight is 352 g/mol. The minimum atomic E-state index is -0.0866. The maximum Gasteiger partial charge on any atom is 0.259 e. The Labute approximate surface area is 153 Å². The molecule has 1 aromatic heterocycles. The highest BCUT2D eigenvalue weighted by Crippen LogP contribution is 2.38. The Morgan fingerprint density at radius 3 is 2.85 bits per heavy atom. The lowest BCUT2D eigenvalue weighted by molar-refractivity contribution is 0.0754. The second-order valence-electron chi connectivity index (χ2n) is 7.27. The maximum absolute atomic E-state index is 13.0. The Hall–Kier alpha value is -2.63. The van der Waals surface area contributed by atoms with E-state index in [1.54, 1.807) is 13.3 Å². The standard InChI is InChI=1S/C20H24N4O2/c1-12-11-24(8-7-13-5-6-15(26-2)9-16(12)13)20(25)17-10-22-19(14-3-4-14)23-18(17)21/h5-6,9-10,12,14H,3-4,7-8,11H2,1-2H3,(H2,21,22,23). The first-order chi connectivity index (χ1) is 12.6. The van der Waals surface area contributed by atoms with E-state index in [9.17, 15) is 4.79 Å². The Kier molecular flexibility index (Phi) is 4.26. The van der Waals surface area contributed by atoms with Crippen LogP contribution in [0.1, 0.15) is 58.9 Å². The molecule has 6 nitrogen and oxygen atoms in total. The minimum absolute atomic E-state index is 0.0866. The van der Waals surface area contributed by atoms with Crippen LogP contribution in [-0.4, -0.2) is 41.0 Å². The van der Waals surface area contributed by atoms with E-state index in [1.807, 2.05) is 11.0 Å². The Morgan fingerprint density at radius 2 is 2.15 bits per heavy atom. The smallest absolute Gasteiger partial charge is 0.259 e. The van der Waals surface area contributed by atoms with Gasteiger partial charge in [0.2, 0.25) is 0 Å². The molecule has 6 heteroatoms. The van der Waals surface area contributed by atoms with E-state index >= 15 is 0 Å². The molecular weight excluding hydrogens is 328 g/mol. The molecule has 1 unspecified atom stereocenters. The number of benzene rings is 1. The number of nitrogens with two attached hydrogens (primary N) is 1. The molecular formula is C20H24N4O2. The number of hydrogen-bond acceptors (Lipinski definition) is 5. The molecule has 0 saturated heterocycles. The van der Waals surface area contributed by atoms with Crippen molar-refractivity contribution in [2.75, 3.05) is 25.9 Å². The maximum atomic E-state index is 13.0. The van der Waals surface area contributed by atoms with Gasteiger partial charge < -0.3 is 15.4 Å². The predicted molar refractivity (Wildman–Crippen MR) is 99.4 cm³/mol. The van der Waals surface area contributed by atoms with Crippen LogP contribution in [0.2, 0.25) is 0 Å². The van der Waals surface area contributed by atoms with E-state index in [4.69, 9.17) is 10.5 Å². The highest BCUT2D eigenvalue weighted by Gasteiger charge is 2.29. The quantitative estimate of drug-likeness (QED) is 0.918. The summed E-state index contributed by atoms with van der Waals surface area (Å²) >= 11 is 0. The summed E-state index contributed by atoms with van der Waals surface area (Å²) in [6.07, 6.45) is 4.64. The van der Waals surface area contributed by atoms with Crippen molar-refractivity contribution in [3.63, 3.8) is 0 Å². The molecule has 2 aromatic rings. The minimum Gasteiger partial charge on any atom is -0.497 e. The number of carbonyl (C=O) groups is 1. The first-order valence-electron chi connectivity index (χ1n) is 9.15. The monoisotopic (exact) mass is 352 g/mol. The third-order valence-corrected chi connectivity index (χ3v) is 5.33. The van der Waals surface area contributed by atoms with Crippen LogP contribution in [0.4, 0.5) is 5.82 Å². The SMILES string of the molecule is COc1ccc2c(c1)C(C)CN(C(=O)c1cnc(C3CC3)nc1N)CC2. The summed E-state index contributed by atoms with van der Waals surface area (Å²) in [5.74, 6) is 2.47. The number of nitrogen functional groups attached to an aromatic ring is 1. The van der Waals surface area contributed by atoms with Crippen LogP contribution in [0, 0.1) is 0 Å². The van der Waals surface area contributed by atoms with Gasteiger partial charge in [0.25, 0.3) is 5.91 Å². The average Bonchev–Trinajstić information content (AvgIpc) is 3.49. The van der Waals surface area contributed by atoms with Crippen LogP contribution >= 0.6 is 0 Å². The topological polar surface area (TPSA) is 81.3 Å². The molecule has 2 aliphatic rings. The van der Waals surface area contributed by atoms with Gasteiger partial charge in [0.15, 0.2) is 0 Å². The number of fused-ring (bicyclic) bond motifs is 1.